The molecule has 0 unspecified atom stereocenters. The molecule has 7 nitrogen and oxygen atoms in total. The summed E-state index contributed by atoms with van der Waals surface area (Å²) >= 11 is 0. The van der Waals surface area contributed by atoms with Crippen LogP contribution in [0.15, 0.2) is 29.2 Å². The molecule has 1 aromatic carbocycles. The zero-order valence-electron chi connectivity index (χ0n) is 12.1. The van der Waals surface area contributed by atoms with E-state index in [1.54, 1.807) is 19.1 Å². The van der Waals surface area contributed by atoms with Crippen LogP contribution in [0.2, 0.25) is 0 Å². The molecule has 118 valence electrons. The van der Waals surface area contributed by atoms with Gasteiger partial charge in [-0.05, 0) is 24.3 Å². The number of aliphatic hydroxyl groups excluding tert-OH is 1. The topological polar surface area (TPSA) is 95.9 Å². The van der Waals surface area contributed by atoms with Gasteiger partial charge in [-0.25, -0.2) is 8.42 Å². The maximum atomic E-state index is 12.4. The van der Waals surface area contributed by atoms with Crippen LogP contribution in [0.25, 0.3) is 0 Å². The molecule has 0 saturated heterocycles. The minimum Gasteiger partial charge on any atom is -0.497 e. The molecule has 1 aromatic rings. The van der Waals surface area contributed by atoms with Gasteiger partial charge in [0.15, 0.2) is 0 Å². The van der Waals surface area contributed by atoms with Crippen molar-refractivity contribution < 1.29 is 23.1 Å². The number of nitrogens with zero attached hydrogens (tertiary/aromatic N) is 1. The van der Waals surface area contributed by atoms with E-state index in [2.05, 4.69) is 5.32 Å². The molecular formula is C13H20N2O5S. The van der Waals surface area contributed by atoms with Crippen molar-refractivity contribution in [2.75, 3.05) is 33.4 Å². The number of hydrogen-bond donors (Lipinski definition) is 2. The van der Waals surface area contributed by atoms with E-state index >= 15 is 0 Å². The Morgan fingerprint density at radius 2 is 1.95 bits per heavy atom. The molecule has 8 heteroatoms. The molecule has 1 rings (SSSR count). The molecule has 0 radical (unpaired) electrons. The van der Waals surface area contributed by atoms with Gasteiger partial charge in [-0.2, -0.15) is 4.31 Å². The van der Waals surface area contributed by atoms with Gasteiger partial charge in [-0.15, -0.1) is 0 Å². The van der Waals surface area contributed by atoms with Crippen molar-refractivity contribution in [1.29, 1.82) is 0 Å². The first-order valence-electron chi connectivity index (χ1n) is 6.47. The molecule has 0 aromatic heterocycles. The number of rotatable bonds is 8. The quantitative estimate of drug-likeness (QED) is 0.693. The molecule has 21 heavy (non-hydrogen) atoms. The normalized spacial score (nSPS) is 11.4. The van der Waals surface area contributed by atoms with E-state index in [9.17, 15) is 13.2 Å². The van der Waals surface area contributed by atoms with Crippen molar-refractivity contribution in [2.45, 2.75) is 11.8 Å². The van der Waals surface area contributed by atoms with Crippen LogP contribution in [0.1, 0.15) is 6.92 Å². The zero-order chi connectivity index (χ0) is 15.9. The summed E-state index contributed by atoms with van der Waals surface area (Å²) in [6, 6.07) is 5.96. The van der Waals surface area contributed by atoms with Crippen LogP contribution in [0.3, 0.4) is 0 Å². The molecule has 2 N–H and O–H groups in total. The Labute approximate surface area is 124 Å². The lowest BCUT2D eigenvalue weighted by Gasteiger charge is -2.20. The van der Waals surface area contributed by atoms with Gasteiger partial charge < -0.3 is 15.2 Å². The van der Waals surface area contributed by atoms with Crippen molar-refractivity contribution in [1.82, 2.24) is 9.62 Å². The Balaban J connectivity index is 2.88. The number of carbonyl (C=O) groups excluding carboxylic acids is 1. The molecule has 0 aliphatic rings. The first-order chi connectivity index (χ1) is 9.95. The number of amides is 1. The Kier molecular flexibility index (Phi) is 6.60. The number of ether oxygens (including phenoxy) is 1. The Morgan fingerprint density at radius 3 is 2.43 bits per heavy atom. The minimum atomic E-state index is -3.74. The summed E-state index contributed by atoms with van der Waals surface area (Å²) in [5.74, 6) is 0.0978. The second kappa shape index (κ2) is 7.96. The van der Waals surface area contributed by atoms with Crippen molar-refractivity contribution in [3.8, 4) is 5.75 Å². The van der Waals surface area contributed by atoms with E-state index in [1.165, 1.54) is 19.2 Å². The number of carbonyl (C=O) groups is 1. The smallest absolute Gasteiger partial charge is 0.243 e. The van der Waals surface area contributed by atoms with Gasteiger partial charge in [0.2, 0.25) is 15.9 Å². The lowest BCUT2D eigenvalue weighted by atomic mass is 10.3. The summed E-state index contributed by atoms with van der Waals surface area (Å²) in [6.45, 7) is 1.44. The van der Waals surface area contributed by atoms with Crippen LogP contribution in [0.5, 0.6) is 5.75 Å². The highest BCUT2D eigenvalue weighted by Gasteiger charge is 2.25. The van der Waals surface area contributed by atoms with Crippen LogP contribution in [0, 0.1) is 0 Å². The molecule has 0 saturated carbocycles. The van der Waals surface area contributed by atoms with Crippen LogP contribution < -0.4 is 10.1 Å². The van der Waals surface area contributed by atoms with Crippen LogP contribution in [-0.2, 0) is 14.8 Å². The maximum absolute atomic E-state index is 12.4. The highest BCUT2D eigenvalue weighted by Crippen LogP contribution is 2.19. The fourth-order valence-electron chi connectivity index (χ4n) is 1.67. The highest BCUT2D eigenvalue weighted by molar-refractivity contribution is 7.89. The van der Waals surface area contributed by atoms with E-state index in [4.69, 9.17) is 9.84 Å². The van der Waals surface area contributed by atoms with Crippen LogP contribution in [-0.4, -0.2) is 57.1 Å². The fourth-order valence-corrected chi connectivity index (χ4v) is 3.08. The summed E-state index contributed by atoms with van der Waals surface area (Å²) in [7, 11) is -2.25. The Hall–Kier alpha value is -1.64. The zero-order valence-corrected chi connectivity index (χ0v) is 12.9. The molecule has 0 spiro atoms. The first-order valence-corrected chi connectivity index (χ1v) is 7.91. The molecule has 0 aliphatic heterocycles. The molecule has 0 heterocycles. The van der Waals surface area contributed by atoms with Crippen LogP contribution >= 0.6 is 0 Å². The van der Waals surface area contributed by atoms with Gasteiger partial charge in [-0.3, -0.25) is 4.79 Å². The first kappa shape index (κ1) is 17.4. The number of hydrogen-bond acceptors (Lipinski definition) is 5. The lowest BCUT2D eigenvalue weighted by molar-refractivity contribution is -0.121. The predicted molar refractivity (Wildman–Crippen MR) is 77.5 cm³/mol. The highest BCUT2D eigenvalue weighted by atomic mass is 32.2. The fraction of sp³-hybridized carbons (Fsp3) is 0.462. The third-order valence-electron chi connectivity index (χ3n) is 2.80. The van der Waals surface area contributed by atoms with E-state index < -0.39 is 15.9 Å². The third-order valence-corrected chi connectivity index (χ3v) is 4.74. The Morgan fingerprint density at radius 1 is 1.33 bits per heavy atom. The van der Waals surface area contributed by atoms with Crippen molar-refractivity contribution in [3.63, 3.8) is 0 Å². The van der Waals surface area contributed by atoms with Gasteiger partial charge in [0.05, 0.1) is 25.2 Å². The maximum Gasteiger partial charge on any atom is 0.243 e. The summed E-state index contributed by atoms with van der Waals surface area (Å²) in [4.78, 5) is 11.7. The molecule has 0 fully saturated rings. The standard InChI is InChI=1S/C13H20N2O5S/c1-3-15(10-13(17)14-8-9-16)21(18,19)12-6-4-11(20-2)5-7-12/h4-7,16H,3,8-10H2,1-2H3,(H,14,17). The second-order valence-electron chi connectivity index (χ2n) is 4.18. The molecule has 0 atom stereocenters. The summed E-state index contributed by atoms with van der Waals surface area (Å²) in [6.07, 6.45) is 0. The minimum absolute atomic E-state index is 0.0962. The largest absolute Gasteiger partial charge is 0.497 e. The molecule has 1 amide bonds. The monoisotopic (exact) mass is 316 g/mol. The van der Waals surface area contributed by atoms with E-state index in [-0.39, 0.29) is 31.1 Å². The third kappa shape index (κ3) is 4.69. The van der Waals surface area contributed by atoms with Crippen molar-refractivity contribution in [2.24, 2.45) is 0 Å². The number of nitrogens with one attached hydrogen (secondary N) is 1. The van der Waals surface area contributed by atoms with Gasteiger partial charge in [0, 0.05) is 13.1 Å². The summed E-state index contributed by atoms with van der Waals surface area (Å²) < 4.78 is 30.9. The summed E-state index contributed by atoms with van der Waals surface area (Å²) in [5.41, 5.74) is 0. The number of benzene rings is 1. The Bertz CT molecular complexity index is 556. The van der Waals surface area contributed by atoms with Gasteiger partial charge in [0.1, 0.15) is 5.75 Å². The average Bonchev–Trinajstić information content (AvgIpc) is 2.50. The second-order valence-corrected chi connectivity index (χ2v) is 6.12. The van der Waals surface area contributed by atoms with Gasteiger partial charge in [0.25, 0.3) is 0 Å². The number of sulfonamides is 1. The van der Waals surface area contributed by atoms with E-state index in [0.29, 0.717) is 5.75 Å². The predicted octanol–water partition coefficient (Wildman–Crippen LogP) is -0.186. The van der Waals surface area contributed by atoms with E-state index in [0.717, 1.165) is 4.31 Å². The number of methoxy groups -OCH3 is 1. The molecule has 0 bridgehead atoms. The molecule has 0 aliphatic carbocycles. The summed E-state index contributed by atoms with van der Waals surface area (Å²) in [5, 5.41) is 11.1. The number of aliphatic hydroxyl groups is 1. The van der Waals surface area contributed by atoms with Crippen LogP contribution in [0.4, 0.5) is 0 Å². The van der Waals surface area contributed by atoms with Crippen molar-refractivity contribution in [3.05, 3.63) is 24.3 Å². The van der Waals surface area contributed by atoms with Gasteiger partial charge >= 0.3 is 0 Å². The number of likely N-dealkylation sites (N-methyl/N-ethyl adjacent to an activating group) is 1. The average molecular weight is 316 g/mol. The lowest BCUT2D eigenvalue weighted by Crippen LogP contribution is -2.41. The molecular weight excluding hydrogens is 296 g/mol. The van der Waals surface area contributed by atoms with Crippen molar-refractivity contribution >= 4 is 15.9 Å². The van der Waals surface area contributed by atoms with E-state index in [1.807, 2.05) is 0 Å². The SMILES string of the molecule is CCN(CC(=O)NCCO)S(=O)(=O)c1ccc(OC)cc1. The van der Waals surface area contributed by atoms with Gasteiger partial charge in [-0.1, -0.05) is 6.92 Å².